The molecule has 3 aromatic carbocycles. The minimum absolute atomic E-state index is 0.203. The second-order valence-corrected chi connectivity index (χ2v) is 9.02. The molecule has 0 saturated carbocycles. The second kappa shape index (κ2) is 9.43. The van der Waals surface area contributed by atoms with Gasteiger partial charge in [0.05, 0.1) is 23.9 Å². The topological polar surface area (TPSA) is 69.0 Å². The fourth-order valence-corrected chi connectivity index (χ4v) is 4.93. The van der Waals surface area contributed by atoms with Gasteiger partial charge in [-0.1, -0.05) is 60.7 Å². The van der Waals surface area contributed by atoms with Gasteiger partial charge in [-0.15, -0.1) is 0 Å². The summed E-state index contributed by atoms with van der Waals surface area (Å²) in [5.41, 5.74) is 6.80. The van der Waals surface area contributed by atoms with Gasteiger partial charge in [0, 0.05) is 49.0 Å². The number of para-hydroxylation sites is 1. The SMILES string of the molecule is c1ccc(CN2CCOC(CNCc3cccc4[nH]c(-c5n[nH]c6ccccc56)cc34)C2)cc1. The van der Waals surface area contributed by atoms with Crippen LogP contribution in [0, 0.1) is 0 Å². The predicted molar refractivity (Wildman–Crippen MR) is 137 cm³/mol. The summed E-state index contributed by atoms with van der Waals surface area (Å²) in [6.07, 6.45) is 0.203. The van der Waals surface area contributed by atoms with E-state index in [2.05, 4.69) is 92.1 Å². The van der Waals surface area contributed by atoms with E-state index in [4.69, 9.17) is 4.74 Å². The van der Waals surface area contributed by atoms with E-state index in [0.29, 0.717) is 0 Å². The molecule has 172 valence electrons. The molecular formula is C28H29N5O. The maximum atomic E-state index is 6.04. The highest BCUT2D eigenvalue weighted by Crippen LogP contribution is 2.30. The molecule has 34 heavy (non-hydrogen) atoms. The summed E-state index contributed by atoms with van der Waals surface area (Å²) in [5, 5.41) is 13.7. The molecule has 1 aliphatic heterocycles. The fourth-order valence-electron chi connectivity index (χ4n) is 4.93. The number of ether oxygens (including phenoxy) is 1. The molecule has 1 saturated heterocycles. The molecule has 0 spiro atoms. The number of benzene rings is 3. The van der Waals surface area contributed by atoms with Crippen molar-refractivity contribution in [2.24, 2.45) is 0 Å². The molecular weight excluding hydrogens is 422 g/mol. The Morgan fingerprint density at radius 2 is 1.79 bits per heavy atom. The zero-order chi connectivity index (χ0) is 22.7. The zero-order valence-corrected chi connectivity index (χ0v) is 19.1. The first-order valence-corrected chi connectivity index (χ1v) is 12.0. The number of hydrogen-bond donors (Lipinski definition) is 3. The molecule has 6 rings (SSSR count). The third-order valence-electron chi connectivity index (χ3n) is 6.64. The molecule has 2 aromatic heterocycles. The Morgan fingerprint density at radius 3 is 2.74 bits per heavy atom. The molecule has 3 heterocycles. The number of aromatic nitrogens is 3. The number of nitrogens with zero attached hydrogens (tertiary/aromatic N) is 2. The molecule has 3 N–H and O–H groups in total. The molecule has 6 nitrogen and oxygen atoms in total. The lowest BCUT2D eigenvalue weighted by Gasteiger charge is -2.33. The summed E-state index contributed by atoms with van der Waals surface area (Å²) in [6, 6.07) is 27.6. The largest absolute Gasteiger partial charge is 0.374 e. The highest BCUT2D eigenvalue weighted by atomic mass is 16.5. The van der Waals surface area contributed by atoms with E-state index in [9.17, 15) is 0 Å². The molecule has 1 fully saturated rings. The maximum absolute atomic E-state index is 6.04. The zero-order valence-electron chi connectivity index (χ0n) is 19.1. The van der Waals surface area contributed by atoms with Crippen LogP contribution in [0.2, 0.25) is 0 Å². The predicted octanol–water partition coefficient (Wildman–Crippen LogP) is 4.70. The summed E-state index contributed by atoms with van der Waals surface area (Å²) in [7, 11) is 0. The van der Waals surface area contributed by atoms with Gasteiger partial charge in [-0.05, 0) is 29.3 Å². The number of fused-ring (bicyclic) bond motifs is 2. The van der Waals surface area contributed by atoms with Gasteiger partial charge in [0.1, 0.15) is 5.69 Å². The normalized spacial score (nSPS) is 17.0. The van der Waals surface area contributed by atoms with Crippen LogP contribution in [0.25, 0.3) is 33.2 Å². The lowest BCUT2D eigenvalue weighted by Crippen LogP contribution is -2.46. The lowest BCUT2D eigenvalue weighted by atomic mass is 10.1. The smallest absolute Gasteiger partial charge is 0.116 e. The molecule has 0 amide bonds. The van der Waals surface area contributed by atoms with Crippen LogP contribution in [0.15, 0.2) is 78.9 Å². The molecule has 1 atom stereocenters. The highest BCUT2D eigenvalue weighted by molar-refractivity contribution is 5.96. The number of morpholine rings is 1. The van der Waals surface area contributed by atoms with Crippen molar-refractivity contribution in [2.45, 2.75) is 19.2 Å². The van der Waals surface area contributed by atoms with Gasteiger partial charge >= 0.3 is 0 Å². The van der Waals surface area contributed by atoms with Crippen molar-refractivity contribution < 1.29 is 4.74 Å². The van der Waals surface area contributed by atoms with Crippen molar-refractivity contribution in [3.05, 3.63) is 90.0 Å². The molecule has 0 aliphatic carbocycles. The molecule has 1 unspecified atom stereocenters. The quantitative estimate of drug-likeness (QED) is 0.335. The number of rotatable bonds is 7. The van der Waals surface area contributed by atoms with Crippen LogP contribution in [0.1, 0.15) is 11.1 Å². The first-order valence-electron chi connectivity index (χ1n) is 12.0. The summed E-state index contributed by atoms with van der Waals surface area (Å²) in [6.45, 7) is 5.34. The van der Waals surface area contributed by atoms with Crippen LogP contribution in [-0.2, 0) is 17.8 Å². The monoisotopic (exact) mass is 451 g/mol. The summed E-state index contributed by atoms with van der Waals surface area (Å²) < 4.78 is 6.04. The number of hydrogen-bond acceptors (Lipinski definition) is 4. The molecule has 6 heteroatoms. The van der Waals surface area contributed by atoms with E-state index in [-0.39, 0.29) is 6.10 Å². The van der Waals surface area contributed by atoms with Gasteiger partial charge in [-0.3, -0.25) is 10.00 Å². The van der Waals surface area contributed by atoms with Crippen molar-refractivity contribution in [3.8, 4) is 11.4 Å². The minimum atomic E-state index is 0.203. The van der Waals surface area contributed by atoms with E-state index in [1.54, 1.807) is 0 Å². The van der Waals surface area contributed by atoms with Gasteiger partial charge in [0.2, 0.25) is 0 Å². The van der Waals surface area contributed by atoms with Crippen LogP contribution in [0.3, 0.4) is 0 Å². The minimum Gasteiger partial charge on any atom is -0.374 e. The van der Waals surface area contributed by atoms with Crippen molar-refractivity contribution in [3.63, 3.8) is 0 Å². The number of aromatic amines is 2. The van der Waals surface area contributed by atoms with Crippen molar-refractivity contribution in [1.82, 2.24) is 25.4 Å². The highest BCUT2D eigenvalue weighted by Gasteiger charge is 2.20. The third kappa shape index (κ3) is 4.35. The number of H-pyrrole nitrogens is 2. The van der Waals surface area contributed by atoms with Crippen molar-refractivity contribution >= 4 is 21.8 Å². The Labute approximate surface area is 198 Å². The Bertz CT molecular complexity index is 1390. The van der Waals surface area contributed by atoms with E-state index in [1.165, 1.54) is 16.5 Å². The van der Waals surface area contributed by atoms with Crippen LogP contribution in [0.4, 0.5) is 0 Å². The van der Waals surface area contributed by atoms with Gasteiger partial charge in [0.15, 0.2) is 0 Å². The van der Waals surface area contributed by atoms with E-state index in [0.717, 1.165) is 67.1 Å². The van der Waals surface area contributed by atoms with Crippen LogP contribution in [-0.4, -0.2) is 52.4 Å². The molecule has 1 aliphatic rings. The van der Waals surface area contributed by atoms with Crippen LogP contribution < -0.4 is 5.32 Å². The van der Waals surface area contributed by atoms with Crippen LogP contribution >= 0.6 is 0 Å². The van der Waals surface area contributed by atoms with Crippen molar-refractivity contribution in [2.75, 3.05) is 26.2 Å². The summed E-state index contributed by atoms with van der Waals surface area (Å²) in [5.74, 6) is 0. The Kier molecular flexibility index (Phi) is 5.85. The van der Waals surface area contributed by atoms with Gasteiger partial charge in [-0.25, -0.2) is 0 Å². The maximum Gasteiger partial charge on any atom is 0.116 e. The average Bonchev–Trinajstić information content (AvgIpc) is 3.50. The number of nitrogens with one attached hydrogen (secondary N) is 3. The molecule has 0 bridgehead atoms. The van der Waals surface area contributed by atoms with Crippen molar-refractivity contribution in [1.29, 1.82) is 0 Å². The standard InChI is InChI=1S/C28H29N5O/c1-2-7-20(8-3-1)18-33-13-14-34-22(19-33)17-29-16-21-9-6-12-25-24(21)15-27(30-25)28-23-10-4-5-11-26(23)31-32-28/h1-12,15,22,29-30H,13-14,16-19H2,(H,31,32). The summed E-state index contributed by atoms with van der Waals surface area (Å²) >= 11 is 0. The summed E-state index contributed by atoms with van der Waals surface area (Å²) in [4.78, 5) is 6.04. The van der Waals surface area contributed by atoms with Gasteiger partial charge in [0.25, 0.3) is 0 Å². The molecule has 0 radical (unpaired) electrons. The van der Waals surface area contributed by atoms with Crippen LogP contribution in [0.5, 0.6) is 0 Å². The Morgan fingerprint density at radius 1 is 0.941 bits per heavy atom. The fraction of sp³-hybridized carbons (Fsp3) is 0.250. The molecule has 5 aromatic rings. The first kappa shape index (κ1) is 21.1. The average molecular weight is 452 g/mol. The van der Waals surface area contributed by atoms with E-state index < -0.39 is 0 Å². The third-order valence-corrected chi connectivity index (χ3v) is 6.64. The van der Waals surface area contributed by atoms with E-state index >= 15 is 0 Å². The van der Waals surface area contributed by atoms with E-state index in [1.807, 2.05) is 12.1 Å². The lowest BCUT2D eigenvalue weighted by molar-refractivity contribution is -0.0300. The Balaban J connectivity index is 1.12. The van der Waals surface area contributed by atoms with Gasteiger partial charge < -0.3 is 15.0 Å². The first-order chi connectivity index (χ1) is 16.8. The second-order valence-electron chi connectivity index (χ2n) is 9.02. The Hall–Kier alpha value is -3.45. The van der Waals surface area contributed by atoms with Gasteiger partial charge in [-0.2, -0.15) is 5.10 Å².